The van der Waals surface area contributed by atoms with Gasteiger partial charge in [0.15, 0.2) is 0 Å². The normalized spacial score (nSPS) is 8.29. The predicted molar refractivity (Wildman–Crippen MR) is 14.2 cm³/mol. The van der Waals surface area contributed by atoms with Crippen molar-refractivity contribution in [2.75, 3.05) is 0 Å². The molecule has 50 valence electrons. The van der Waals surface area contributed by atoms with E-state index < -0.39 is 10.4 Å². The van der Waals surface area contributed by atoms with Gasteiger partial charge in [0.25, 0.3) is 0 Å². The van der Waals surface area contributed by atoms with E-state index in [1.807, 2.05) is 0 Å². The van der Waals surface area contributed by atoms with Crippen LogP contribution in [0.2, 0.25) is 0 Å². The molecule has 2 N–H and O–H groups in total. The third kappa shape index (κ3) is 149. The van der Waals surface area contributed by atoms with Gasteiger partial charge in [-0.05, 0) is 0 Å². The third-order valence-corrected chi connectivity index (χ3v) is 0. The average molecular weight is 304 g/mol. The zero-order valence-corrected chi connectivity index (χ0v) is 6.88. The van der Waals surface area contributed by atoms with Crippen LogP contribution in [0.4, 0.5) is 0 Å². The van der Waals surface area contributed by atoms with Crippen LogP contribution in [0.1, 0.15) is 0 Å². The topological polar surface area (TPSA) is 74.6 Å². The van der Waals surface area contributed by atoms with Crippen LogP contribution in [0, 0.1) is 0 Å². The summed E-state index contributed by atoms with van der Waals surface area (Å²) in [6.07, 6.45) is 0. The van der Waals surface area contributed by atoms with E-state index in [2.05, 4.69) is 0 Å². The molecule has 0 atom stereocenters. The maximum absolute atomic E-state index is 8.74. The quantitative estimate of drug-likeness (QED) is 0.460. The van der Waals surface area contributed by atoms with Crippen LogP contribution in [0.25, 0.3) is 0 Å². The third-order valence-electron chi connectivity index (χ3n) is 0. The molecule has 0 amide bonds. The Hall–Kier alpha value is 1.12. The molecule has 0 spiro atoms. The zero-order valence-electron chi connectivity index (χ0n) is 2.79. The predicted octanol–water partition coefficient (Wildman–Crippen LogP) is -0.658. The van der Waals surface area contributed by atoms with Gasteiger partial charge in [-0.3, -0.25) is 9.11 Å². The first-order chi connectivity index (χ1) is 2.00. The fraction of sp³-hybridized carbons (Fsp3) is 0. The number of rotatable bonds is 0. The Morgan fingerprint density at radius 1 is 1.00 bits per heavy atom. The van der Waals surface area contributed by atoms with Gasteiger partial charge in [0.1, 0.15) is 0 Å². The standard InChI is InChI=1S/H2O4S.2Rh/c1-5(2,3)4;;/h(H2,1,2,3,4);;. The molecule has 7 heteroatoms. The van der Waals surface area contributed by atoms with Crippen molar-refractivity contribution in [2.24, 2.45) is 0 Å². The Labute approximate surface area is 66.8 Å². The first kappa shape index (κ1) is 15.7. The molecular weight excluding hydrogens is 302 g/mol. The first-order valence-electron chi connectivity index (χ1n) is 0.698. The Bertz CT molecular complexity index is 92.9. The van der Waals surface area contributed by atoms with Crippen LogP contribution in [-0.4, -0.2) is 17.5 Å². The van der Waals surface area contributed by atoms with Gasteiger partial charge in [-0.25, -0.2) is 0 Å². The molecule has 0 aromatic rings. The van der Waals surface area contributed by atoms with Crippen molar-refractivity contribution < 1.29 is 56.5 Å². The van der Waals surface area contributed by atoms with E-state index in [0.717, 1.165) is 0 Å². The largest absolute Gasteiger partial charge is 0.394 e. The SMILES string of the molecule is O=S(=O)(O)O.[Rh].[Rh]. The minimum absolute atomic E-state index is 0. The van der Waals surface area contributed by atoms with Gasteiger partial charge in [0.05, 0.1) is 0 Å². The monoisotopic (exact) mass is 304 g/mol. The van der Waals surface area contributed by atoms with E-state index in [1.54, 1.807) is 0 Å². The molecule has 7 heavy (non-hydrogen) atoms. The molecule has 0 aliphatic carbocycles. The summed E-state index contributed by atoms with van der Waals surface area (Å²) in [5.74, 6) is 0. The van der Waals surface area contributed by atoms with Crippen molar-refractivity contribution >= 4 is 10.4 Å². The van der Waals surface area contributed by atoms with Gasteiger partial charge in [-0.2, -0.15) is 8.42 Å². The van der Waals surface area contributed by atoms with Crippen LogP contribution in [0.15, 0.2) is 0 Å². The summed E-state index contributed by atoms with van der Waals surface area (Å²) in [6.45, 7) is 0. The molecule has 0 unspecified atom stereocenters. The maximum atomic E-state index is 8.74. The molecule has 2 radical (unpaired) electrons. The van der Waals surface area contributed by atoms with Gasteiger partial charge < -0.3 is 0 Å². The van der Waals surface area contributed by atoms with Crippen LogP contribution < -0.4 is 0 Å². The molecule has 0 rings (SSSR count). The maximum Gasteiger partial charge on any atom is 0.394 e. The second-order valence-electron chi connectivity index (χ2n) is 0.448. The Balaban J connectivity index is -0.0000000800. The smallest absolute Gasteiger partial charge is 0.264 e. The summed E-state index contributed by atoms with van der Waals surface area (Å²) < 4.78 is 31.6. The molecule has 0 aliphatic heterocycles. The van der Waals surface area contributed by atoms with Crippen molar-refractivity contribution in [1.82, 2.24) is 0 Å². The second kappa shape index (κ2) is 5.26. The van der Waals surface area contributed by atoms with Gasteiger partial charge in [0.2, 0.25) is 0 Å². The molecule has 0 heterocycles. The van der Waals surface area contributed by atoms with Crippen LogP contribution in [-0.2, 0) is 49.4 Å². The van der Waals surface area contributed by atoms with E-state index >= 15 is 0 Å². The van der Waals surface area contributed by atoms with E-state index in [0.29, 0.717) is 0 Å². The van der Waals surface area contributed by atoms with Crippen LogP contribution in [0.5, 0.6) is 0 Å². The molecule has 0 saturated heterocycles. The minimum Gasteiger partial charge on any atom is -0.264 e. The van der Waals surface area contributed by atoms with E-state index in [9.17, 15) is 0 Å². The van der Waals surface area contributed by atoms with Gasteiger partial charge >= 0.3 is 10.4 Å². The summed E-state index contributed by atoms with van der Waals surface area (Å²) in [6, 6.07) is 0. The molecular formula is H2O4Rh2S. The van der Waals surface area contributed by atoms with Gasteiger partial charge in [-0.15, -0.1) is 0 Å². The Morgan fingerprint density at radius 3 is 1.00 bits per heavy atom. The van der Waals surface area contributed by atoms with Crippen molar-refractivity contribution in [3.63, 3.8) is 0 Å². The molecule has 4 nitrogen and oxygen atoms in total. The van der Waals surface area contributed by atoms with Crippen molar-refractivity contribution in [2.45, 2.75) is 0 Å². The number of hydrogen-bond acceptors (Lipinski definition) is 2. The Kier molecular flexibility index (Phi) is 11.8. The van der Waals surface area contributed by atoms with Crippen LogP contribution >= 0.6 is 0 Å². The molecule has 0 aliphatic rings. The zero-order chi connectivity index (χ0) is 4.50. The van der Waals surface area contributed by atoms with Crippen molar-refractivity contribution in [3.05, 3.63) is 0 Å². The Morgan fingerprint density at radius 2 is 1.00 bits per heavy atom. The second-order valence-corrected chi connectivity index (χ2v) is 1.34. The molecule has 0 fully saturated rings. The fourth-order valence-corrected chi connectivity index (χ4v) is 0. The summed E-state index contributed by atoms with van der Waals surface area (Å²) in [4.78, 5) is 0. The molecule has 0 saturated carbocycles. The molecule has 0 aromatic carbocycles. The summed E-state index contributed by atoms with van der Waals surface area (Å²) in [5.41, 5.74) is 0. The van der Waals surface area contributed by atoms with E-state index in [4.69, 9.17) is 17.5 Å². The minimum atomic E-state index is -4.67. The average Bonchev–Trinajstić information content (AvgIpc) is 0.722. The summed E-state index contributed by atoms with van der Waals surface area (Å²) >= 11 is 0. The molecule has 0 aromatic heterocycles. The summed E-state index contributed by atoms with van der Waals surface area (Å²) in [5, 5.41) is 0. The number of hydrogen-bond donors (Lipinski definition) is 2. The first-order valence-corrected chi connectivity index (χ1v) is 2.10. The van der Waals surface area contributed by atoms with Crippen molar-refractivity contribution in [1.29, 1.82) is 0 Å². The van der Waals surface area contributed by atoms with E-state index in [-0.39, 0.29) is 39.0 Å². The molecule has 0 bridgehead atoms. The van der Waals surface area contributed by atoms with Crippen molar-refractivity contribution in [3.8, 4) is 0 Å². The fourth-order valence-electron chi connectivity index (χ4n) is 0. The van der Waals surface area contributed by atoms with E-state index in [1.165, 1.54) is 0 Å². The van der Waals surface area contributed by atoms with Gasteiger partial charge in [-0.1, -0.05) is 0 Å². The summed E-state index contributed by atoms with van der Waals surface area (Å²) in [7, 11) is -4.67. The van der Waals surface area contributed by atoms with Gasteiger partial charge in [0, 0.05) is 39.0 Å². The van der Waals surface area contributed by atoms with Crippen LogP contribution in [0.3, 0.4) is 0 Å².